The van der Waals surface area contributed by atoms with Gasteiger partial charge in [-0.1, -0.05) is 12.1 Å². The lowest BCUT2D eigenvalue weighted by molar-refractivity contribution is -0.114. The number of aromatic carboxylic acids is 1. The average Bonchev–Trinajstić information content (AvgIpc) is 3.49. The van der Waals surface area contributed by atoms with Gasteiger partial charge in [-0.2, -0.15) is 10.1 Å². The van der Waals surface area contributed by atoms with E-state index in [1.807, 2.05) is 24.3 Å². The first kappa shape index (κ1) is 20.6. The number of carbonyl (C=O) groups excluding carboxylic acids is 1. The summed E-state index contributed by atoms with van der Waals surface area (Å²) < 4.78 is 0. The molecule has 1 amide bonds. The molecule has 0 spiro atoms. The number of carbonyl (C=O) groups is 2. The fourth-order valence-electron chi connectivity index (χ4n) is 4.10. The van der Waals surface area contributed by atoms with E-state index in [2.05, 4.69) is 27.1 Å². The van der Waals surface area contributed by atoms with Crippen molar-refractivity contribution >= 4 is 35.0 Å². The van der Waals surface area contributed by atoms with Crippen molar-refractivity contribution in [3.05, 3.63) is 95.3 Å². The summed E-state index contributed by atoms with van der Waals surface area (Å²) in [5.41, 5.74) is 4.46. The van der Waals surface area contributed by atoms with Crippen LogP contribution in [0, 0.1) is 0 Å². The Labute approximate surface area is 191 Å². The minimum absolute atomic E-state index is 0.149. The Balaban J connectivity index is 1.50. The van der Waals surface area contributed by atoms with Crippen LogP contribution in [0.15, 0.2) is 83.7 Å². The lowest BCUT2D eigenvalue weighted by Gasteiger charge is -2.17. The van der Waals surface area contributed by atoms with Gasteiger partial charge in [0, 0.05) is 36.7 Å². The average molecular weight is 438 g/mol. The van der Waals surface area contributed by atoms with Crippen LogP contribution in [0.3, 0.4) is 0 Å². The van der Waals surface area contributed by atoms with Crippen molar-refractivity contribution in [2.24, 2.45) is 5.10 Å². The molecule has 0 bridgehead atoms. The van der Waals surface area contributed by atoms with Crippen LogP contribution >= 0.6 is 0 Å². The Morgan fingerprint density at radius 3 is 2.27 bits per heavy atom. The molecular formula is C26H22N4O3. The molecule has 164 valence electrons. The second-order valence-corrected chi connectivity index (χ2v) is 8.00. The molecule has 1 N–H and O–H groups in total. The molecule has 33 heavy (non-hydrogen) atoms. The topological polar surface area (TPSA) is 86.1 Å². The summed E-state index contributed by atoms with van der Waals surface area (Å²) in [6, 6.07) is 17.9. The third kappa shape index (κ3) is 4.13. The number of hydrogen-bond acceptors (Lipinski definition) is 5. The quantitative estimate of drug-likeness (QED) is 0.603. The zero-order valence-corrected chi connectivity index (χ0v) is 17.9. The summed E-state index contributed by atoms with van der Waals surface area (Å²) >= 11 is 0. The minimum atomic E-state index is -1.02. The first-order chi connectivity index (χ1) is 16.1. The van der Waals surface area contributed by atoms with Crippen molar-refractivity contribution in [3.63, 3.8) is 0 Å². The van der Waals surface area contributed by atoms with Gasteiger partial charge < -0.3 is 10.0 Å². The molecule has 2 aromatic carbocycles. The van der Waals surface area contributed by atoms with Crippen LogP contribution in [0.4, 0.5) is 11.4 Å². The van der Waals surface area contributed by atoms with Crippen LogP contribution in [0.25, 0.3) is 6.08 Å². The Kier molecular flexibility index (Phi) is 5.44. The van der Waals surface area contributed by atoms with Crippen LogP contribution in [0.1, 0.15) is 34.3 Å². The molecule has 0 radical (unpaired) electrons. The van der Waals surface area contributed by atoms with Crippen molar-refractivity contribution in [1.82, 2.24) is 4.98 Å². The number of amides is 1. The van der Waals surface area contributed by atoms with E-state index in [0.29, 0.717) is 17.0 Å². The van der Waals surface area contributed by atoms with Gasteiger partial charge >= 0.3 is 5.97 Å². The second-order valence-electron chi connectivity index (χ2n) is 8.00. The van der Waals surface area contributed by atoms with Gasteiger partial charge in [-0.3, -0.25) is 9.78 Å². The molecule has 3 heterocycles. The van der Waals surface area contributed by atoms with Crippen LogP contribution in [0.5, 0.6) is 0 Å². The smallest absolute Gasteiger partial charge is 0.335 e. The Morgan fingerprint density at radius 1 is 0.939 bits per heavy atom. The number of pyridine rings is 1. The molecular weight excluding hydrogens is 416 g/mol. The molecule has 2 aliphatic rings. The van der Waals surface area contributed by atoms with Crippen LogP contribution in [-0.4, -0.2) is 40.8 Å². The highest BCUT2D eigenvalue weighted by Crippen LogP contribution is 2.29. The van der Waals surface area contributed by atoms with Gasteiger partial charge in [0.05, 0.1) is 16.8 Å². The van der Waals surface area contributed by atoms with Crippen molar-refractivity contribution in [2.45, 2.75) is 12.8 Å². The summed E-state index contributed by atoms with van der Waals surface area (Å²) in [5, 5.41) is 15.0. The maximum absolute atomic E-state index is 13.4. The second kappa shape index (κ2) is 8.70. The largest absolute Gasteiger partial charge is 0.478 e. The maximum atomic E-state index is 13.4. The lowest BCUT2D eigenvalue weighted by Crippen LogP contribution is -2.21. The predicted molar refractivity (Wildman–Crippen MR) is 128 cm³/mol. The van der Waals surface area contributed by atoms with Gasteiger partial charge in [0.25, 0.3) is 5.91 Å². The lowest BCUT2D eigenvalue weighted by atomic mass is 10.0. The normalized spacial score (nSPS) is 17.0. The number of hydrazone groups is 1. The summed E-state index contributed by atoms with van der Waals surface area (Å²) in [6.07, 6.45) is 7.62. The molecule has 0 atom stereocenters. The number of nitrogens with zero attached hydrogens (tertiary/aromatic N) is 4. The van der Waals surface area contributed by atoms with Crippen molar-refractivity contribution in [3.8, 4) is 0 Å². The molecule has 1 saturated heterocycles. The number of anilines is 2. The van der Waals surface area contributed by atoms with E-state index in [1.165, 1.54) is 35.7 Å². The number of rotatable bonds is 5. The number of carboxylic acids is 1. The van der Waals surface area contributed by atoms with E-state index in [0.717, 1.165) is 24.2 Å². The molecule has 2 aliphatic heterocycles. The number of aromatic nitrogens is 1. The highest BCUT2D eigenvalue weighted by molar-refractivity contribution is 6.37. The van der Waals surface area contributed by atoms with Crippen LogP contribution in [-0.2, 0) is 4.79 Å². The van der Waals surface area contributed by atoms with Crippen molar-refractivity contribution in [1.29, 1.82) is 0 Å². The fourth-order valence-corrected chi connectivity index (χ4v) is 4.10. The molecule has 7 heteroatoms. The maximum Gasteiger partial charge on any atom is 0.335 e. The summed E-state index contributed by atoms with van der Waals surface area (Å²) in [7, 11) is 0. The number of hydrogen-bond donors (Lipinski definition) is 1. The Morgan fingerprint density at radius 2 is 1.64 bits per heavy atom. The van der Waals surface area contributed by atoms with Gasteiger partial charge in [0.15, 0.2) is 0 Å². The molecule has 0 aliphatic carbocycles. The highest BCUT2D eigenvalue weighted by atomic mass is 16.4. The number of carboxylic acid groups (broad SMARTS) is 1. The van der Waals surface area contributed by atoms with E-state index in [4.69, 9.17) is 5.11 Å². The van der Waals surface area contributed by atoms with Crippen molar-refractivity contribution in [2.75, 3.05) is 23.0 Å². The molecule has 0 unspecified atom stereocenters. The van der Waals surface area contributed by atoms with Gasteiger partial charge in [-0.25, -0.2) is 4.79 Å². The van der Waals surface area contributed by atoms with Gasteiger partial charge in [0.1, 0.15) is 5.71 Å². The zero-order chi connectivity index (χ0) is 22.8. The molecule has 1 fully saturated rings. The van der Waals surface area contributed by atoms with E-state index in [1.54, 1.807) is 30.6 Å². The Bertz CT molecular complexity index is 1240. The molecule has 3 aromatic rings. The molecule has 0 saturated carbocycles. The number of benzene rings is 2. The predicted octanol–water partition coefficient (Wildman–Crippen LogP) is 4.21. The van der Waals surface area contributed by atoms with E-state index in [9.17, 15) is 9.59 Å². The zero-order valence-electron chi connectivity index (χ0n) is 17.9. The van der Waals surface area contributed by atoms with E-state index in [-0.39, 0.29) is 11.5 Å². The summed E-state index contributed by atoms with van der Waals surface area (Å²) in [5.74, 6) is -1.30. The first-order valence-corrected chi connectivity index (χ1v) is 10.8. The third-order valence-corrected chi connectivity index (χ3v) is 5.85. The molecule has 7 nitrogen and oxygen atoms in total. The van der Waals surface area contributed by atoms with Crippen LogP contribution in [0.2, 0.25) is 0 Å². The molecule has 1 aromatic heterocycles. The van der Waals surface area contributed by atoms with E-state index >= 15 is 0 Å². The fraction of sp³-hybridized carbons (Fsp3) is 0.154. The standard InChI is InChI=1S/C26H22N4O3/c31-25-23(16-18-5-9-21(10-6-18)29-14-1-2-15-29)24(20-4-3-13-27-17-20)28-30(25)22-11-7-19(8-12-22)26(32)33/h3-13,16-17H,1-2,14-15H2,(H,32,33)/b23-16-. The highest BCUT2D eigenvalue weighted by Gasteiger charge is 2.32. The van der Waals surface area contributed by atoms with Crippen molar-refractivity contribution < 1.29 is 14.7 Å². The minimum Gasteiger partial charge on any atom is -0.478 e. The summed E-state index contributed by atoms with van der Waals surface area (Å²) in [4.78, 5) is 31.1. The first-order valence-electron chi connectivity index (χ1n) is 10.8. The summed E-state index contributed by atoms with van der Waals surface area (Å²) in [6.45, 7) is 2.15. The SMILES string of the molecule is O=C(O)c1ccc(N2N=C(c3cccnc3)/C(=C/c3ccc(N4CCCC4)cc3)C2=O)cc1. The third-order valence-electron chi connectivity index (χ3n) is 5.85. The van der Waals surface area contributed by atoms with Gasteiger partial charge in [-0.15, -0.1) is 0 Å². The Hall–Kier alpha value is -4.26. The van der Waals surface area contributed by atoms with Crippen LogP contribution < -0.4 is 9.91 Å². The van der Waals surface area contributed by atoms with Gasteiger partial charge in [0.2, 0.25) is 0 Å². The monoisotopic (exact) mass is 438 g/mol. The van der Waals surface area contributed by atoms with Gasteiger partial charge in [-0.05, 0) is 73.0 Å². The molecule has 5 rings (SSSR count). The van der Waals surface area contributed by atoms with E-state index < -0.39 is 5.97 Å².